The molecule has 52 valence electrons. The van der Waals surface area contributed by atoms with E-state index >= 15 is 0 Å². The number of terminal acetylenes is 1. The van der Waals surface area contributed by atoms with E-state index in [0.29, 0.717) is 5.92 Å². The Morgan fingerprint density at radius 1 is 1.78 bits per heavy atom. The Kier molecular flexibility index (Phi) is 2.20. The van der Waals surface area contributed by atoms with Crippen LogP contribution in [-0.4, -0.2) is 11.5 Å². The quantitative estimate of drug-likeness (QED) is 0.315. The molecule has 1 aliphatic heterocycles. The fourth-order valence-electron chi connectivity index (χ4n) is 1.02. The number of hydrogen-bond donors (Lipinski definition) is 2. The van der Waals surface area contributed by atoms with Crippen LogP contribution in [0.2, 0.25) is 0 Å². The third kappa shape index (κ3) is 1.96. The molecule has 0 nitrogen and oxygen atoms in total. The van der Waals surface area contributed by atoms with Crippen molar-refractivity contribution in [3.05, 3.63) is 0 Å². The average molecular weight is 178 g/mol. The molecule has 0 bridgehead atoms. The highest BCUT2D eigenvalue weighted by atomic mass is 33.3. The summed E-state index contributed by atoms with van der Waals surface area (Å²) < 4.78 is 0. The zero-order chi connectivity index (χ0) is 6.91. The third-order valence-electron chi connectivity index (χ3n) is 1.57. The van der Waals surface area contributed by atoms with E-state index < -0.39 is 7.62 Å². The van der Waals surface area contributed by atoms with E-state index in [1.807, 2.05) is 0 Å². The third-order valence-corrected chi connectivity index (χ3v) is 5.62. The fraction of sp³-hybridized carbons (Fsp3) is 0.667. The predicted molar refractivity (Wildman–Crippen MR) is 51.8 cm³/mol. The van der Waals surface area contributed by atoms with Gasteiger partial charge in [-0.05, 0) is 12.2 Å². The van der Waals surface area contributed by atoms with Crippen LogP contribution in [0.1, 0.15) is 6.42 Å². The van der Waals surface area contributed by atoms with Gasteiger partial charge in [-0.1, -0.05) is 11.2 Å². The summed E-state index contributed by atoms with van der Waals surface area (Å²) in [5.41, 5.74) is 0. The monoisotopic (exact) mass is 178 g/mol. The molecule has 9 heavy (non-hydrogen) atoms. The van der Waals surface area contributed by atoms with E-state index in [4.69, 9.17) is 17.6 Å². The molecule has 0 aromatic carbocycles. The Hall–Kier alpha value is 0.480. The smallest absolute Gasteiger partial charge is 0.0292 e. The first-order valence-electron chi connectivity index (χ1n) is 2.91. The second-order valence-electron chi connectivity index (χ2n) is 2.40. The van der Waals surface area contributed by atoms with Crippen LogP contribution in [0.25, 0.3) is 0 Å². The lowest BCUT2D eigenvalue weighted by atomic mass is 10.1. The van der Waals surface area contributed by atoms with E-state index in [-0.39, 0.29) is 0 Å². The largest absolute Gasteiger partial charge is 0.166 e. The minimum absolute atomic E-state index is 0.438. The molecule has 1 saturated heterocycles. The molecule has 1 heterocycles. The van der Waals surface area contributed by atoms with E-state index in [9.17, 15) is 0 Å². The second kappa shape index (κ2) is 2.61. The molecule has 0 saturated carbocycles. The lowest BCUT2D eigenvalue weighted by Crippen LogP contribution is -2.03. The van der Waals surface area contributed by atoms with Gasteiger partial charge in [-0.2, -0.15) is 7.62 Å². The van der Waals surface area contributed by atoms with Crippen molar-refractivity contribution in [2.45, 2.75) is 6.42 Å². The number of hydrogen-bond acceptors (Lipinski definition) is 1. The van der Waals surface area contributed by atoms with Crippen LogP contribution >= 0.6 is 11.7 Å². The summed E-state index contributed by atoms with van der Waals surface area (Å²) in [6.45, 7) is 0. The van der Waals surface area contributed by atoms with E-state index in [0.717, 1.165) is 17.9 Å². The molecule has 1 fully saturated rings. The van der Waals surface area contributed by atoms with Crippen molar-refractivity contribution in [2.24, 2.45) is 5.92 Å². The van der Waals surface area contributed by atoms with Gasteiger partial charge in [0.2, 0.25) is 0 Å². The van der Waals surface area contributed by atoms with Crippen LogP contribution in [0, 0.1) is 18.3 Å². The van der Waals surface area contributed by atoms with Crippen LogP contribution in [0.5, 0.6) is 0 Å². The van der Waals surface area contributed by atoms with Gasteiger partial charge in [0, 0.05) is 11.7 Å². The molecule has 0 aliphatic carbocycles. The van der Waals surface area contributed by atoms with Crippen molar-refractivity contribution in [2.75, 3.05) is 11.5 Å². The first-order valence-corrected chi connectivity index (χ1v) is 7.23. The average Bonchev–Trinajstić information content (AvgIpc) is 2.10. The van der Waals surface area contributed by atoms with Crippen molar-refractivity contribution in [1.29, 1.82) is 0 Å². The van der Waals surface area contributed by atoms with Gasteiger partial charge in [0.25, 0.3) is 0 Å². The van der Waals surface area contributed by atoms with Gasteiger partial charge in [-0.3, -0.25) is 0 Å². The first-order chi connectivity index (χ1) is 4.14. The Morgan fingerprint density at radius 2 is 2.44 bits per heavy atom. The van der Waals surface area contributed by atoms with Gasteiger partial charge in [-0.15, -0.1) is 24.0 Å². The Morgan fingerprint density at radius 3 is 2.67 bits per heavy atom. The molecular formula is C6H10S3. The minimum atomic E-state index is -1.23. The highest BCUT2D eigenvalue weighted by molar-refractivity contribution is 8.84. The SMILES string of the molecule is C#CC1CC[SH](=S)(S)C1. The summed E-state index contributed by atoms with van der Waals surface area (Å²) in [5.74, 6) is 5.28. The zero-order valence-corrected chi connectivity index (χ0v) is 7.68. The topological polar surface area (TPSA) is 0 Å². The molecule has 0 spiro atoms. The lowest BCUT2D eigenvalue weighted by molar-refractivity contribution is 0.776. The summed E-state index contributed by atoms with van der Waals surface area (Å²) in [7, 11) is -1.23. The van der Waals surface area contributed by atoms with Gasteiger partial charge in [0.1, 0.15) is 0 Å². The molecule has 1 atom stereocenters. The summed E-state index contributed by atoms with van der Waals surface area (Å²) in [6, 6.07) is 0. The summed E-state index contributed by atoms with van der Waals surface area (Å²) in [5, 5.41) is 0. The van der Waals surface area contributed by atoms with Crippen molar-refractivity contribution >= 4 is 30.5 Å². The molecule has 3 heteroatoms. The summed E-state index contributed by atoms with van der Waals surface area (Å²) in [4.78, 5) is 0. The Bertz CT molecular complexity index is 189. The normalized spacial score (nSPS) is 35.3. The van der Waals surface area contributed by atoms with Crippen LogP contribution < -0.4 is 0 Å². The maximum atomic E-state index is 5.24. The zero-order valence-electron chi connectivity index (χ0n) is 5.08. The van der Waals surface area contributed by atoms with Gasteiger partial charge >= 0.3 is 0 Å². The molecule has 0 N–H and O–H groups in total. The van der Waals surface area contributed by atoms with Crippen LogP contribution in [0.3, 0.4) is 0 Å². The fourth-order valence-corrected chi connectivity index (χ4v) is 4.69. The maximum absolute atomic E-state index is 5.24. The second-order valence-corrected chi connectivity index (χ2v) is 10.1. The Balaban J connectivity index is 2.60. The molecule has 0 amide bonds. The highest BCUT2D eigenvalue weighted by Gasteiger charge is 2.21. The molecule has 0 aromatic rings. The Labute approximate surface area is 66.8 Å². The van der Waals surface area contributed by atoms with Crippen molar-refractivity contribution in [3.8, 4) is 12.3 Å². The van der Waals surface area contributed by atoms with Gasteiger partial charge < -0.3 is 0 Å². The van der Waals surface area contributed by atoms with Gasteiger partial charge in [-0.25, -0.2) is 0 Å². The lowest BCUT2D eigenvalue weighted by Gasteiger charge is -2.09. The van der Waals surface area contributed by atoms with Gasteiger partial charge in [0.05, 0.1) is 0 Å². The van der Waals surface area contributed by atoms with Crippen molar-refractivity contribution < 1.29 is 0 Å². The highest BCUT2D eigenvalue weighted by Crippen LogP contribution is 2.27. The van der Waals surface area contributed by atoms with Crippen LogP contribution in [0.15, 0.2) is 0 Å². The maximum Gasteiger partial charge on any atom is 0.0292 e. The number of rotatable bonds is 0. The predicted octanol–water partition coefficient (Wildman–Crippen LogP) is 0.833. The van der Waals surface area contributed by atoms with E-state index in [1.54, 1.807) is 0 Å². The van der Waals surface area contributed by atoms with Crippen LogP contribution in [0.4, 0.5) is 0 Å². The molecule has 0 aromatic heterocycles. The van der Waals surface area contributed by atoms with Crippen LogP contribution in [-0.2, 0) is 18.8 Å². The minimum Gasteiger partial charge on any atom is -0.166 e. The molecule has 0 radical (unpaired) electrons. The van der Waals surface area contributed by atoms with Crippen molar-refractivity contribution in [3.63, 3.8) is 0 Å². The molecular weight excluding hydrogens is 168 g/mol. The standard InChI is InChI=1S/C6H10S3/c1-2-6-3-4-9(7,8)5-6/h1,6,9H,3-5H2,(H,7,8). The van der Waals surface area contributed by atoms with E-state index in [2.05, 4.69) is 17.6 Å². The summed E-state index contributed by atoms with van der Waals surface area (Å²) in [6.07, 6.45) is 6.35. The number of thiol groups is 2. The molecule has 1 aliphatic rings. The summed E-state index contributed by atoms with van der Waals surface area (Å²) >= 11 is 9.62. The van der Waals surface area contributed by atoms with E-state index in [1.165, 1.54) is 0 Å². The molecule has 1 rings (SSSR count). The van der Waals surface area contributed by atoms with Gasteiger partial charge in [0.15, 0.2) is 0 Å². The van der Waals surface area contributed by atoms with Crippen molar-refractivity contribution in [1.82, 2.24) is 0 Å². The molecule has 1 unspecified atom stereocenters. The first kappa shape index (κ1) is 7.59.